The monoisotopic (exact) mass is 355 g/mol. The molecule has 0 fully saturated rings. The molecule has 0 aliphatic rings. The summed E-state index contributed by atoms with van der Waals surface area (Å²) in [7, 11) is 3.23. The van der Waals surface area contributed by atoms with Gasteiger partial charge in [-0.3, -0.25) is 0 Å². The van der Waals surface area contributed by atoms with Crippen LogP contribution in [-0.2, 0) is 5.41 Å². The van der Waals surface area contributed by atoms with Gasteiger partial charge in [-0.05, 0) is 12.1 Å². The summed E-state index contributed by atoms with van der Waals surface area (Å²) in [6.07, 6.45) is 1.71. The predicted octanol–water partition coefficient (Wildman–Crippen LogP) is 4.49. The van der Waals surface area contributed by atoms with Crippen molar-refractivity contribution in [1.29, 1.82) is 0 Å². The molecule has 0 N–H and O–H groups in total. The minimum absolute atomic E-state index is 0.186. The molecule has 3 aromatic rings. The fourth-order valence-electron chi connectivity index (χ4n) is 2.38. The van der Waals surface area contributed by atoms with Crippen LogP contribution in [0.4, 0.5) is 0 Å². The molecule has 0 aliphatic heterocycles. The SMILES string of the molecule is COc1ncc2nc(C(C)(C)C)nc(OC)c2c1Sc1ccccc1. The van der Waals surface area contributed by atoms with Gasteiger partial charge in [0.15, 0.2) is 0 Å². The summed E-state index contributed by atoms with van der Waals surface area (Å²) in [6, 6.07) is 10.1. The molecule has 1 aromatic carbocycles. The van der Waals surface area contributed by atoms with Gasteiger partial charge in [-0.1, -0.05) is 50.7 Å². The molecule has 130 valence electrons. The third-order valence-corrected chi connectivity index (χ3v) is 4.74. The van der Waals surface area contributed by atoms with E-state index in [4.69, 9.17) is 14.5 Å². The van der Waals surface area contributed by atoms with Crippen LogP contribution in [-0.4, -0.2) is 29.2 Å². The smallest absolute Gasteiger partial charge is 0.228 e. The van der Waals surface area contributed by atoms with Crippen molar-refractivity contribution in [2.45, 2.75) is 36.0 Å². The Kier molecular flexibility index (Phi) is 4.81. The lowest BCUT2D eigenvalue weighted by molar-refractivity contribution is 0.382. The van der Waals surface area contributed by atoms with Crippen LogP contribution in [0.1, 0.15) is 26.6 Å². The van der Waals surface area contributed by atoms with Crippen molar-refractivity contribution in [2.75, 3.05) is 14.2 Å². The predicted molar refractivity (Wildman–Crippen MR) is 99.7 cm³/mol. The van der Waals surface area contributed by atoms with Crippen molar-refractivity contribution in [2.24, 2.45) is 0 Å². The molecule has 0 amide bonds. The lowest BCUT2D eigenvalue weighted by Crippen LogP contribution is -2.16. The van der Waals surface area contributed by atoms with Gasteiger partial charge in [0.2, 0.25) is 11.8 Å². The van der Waals surface area contributed by atoms with Crippen LogP contribution < -0.4 is 9.47 Å². The quantitative estimate of drug-likeness (QED) is 0.687. The normalized spacial score (nSPS) is 11.6. The molecular formula is C19H21N3O2S. The molecule has 0 saturated carbocycles. The Morgan fingerprint density at radius 3 is 2.20 bits per heavy atom. The highest BCUT2D eigenvalue weighted by atomic mass is 32.2. The van der Waals surface area contributed by atoms with Crippen LogP contribution in [0.5, 0.6) is 11.8 Å². The lowest BCUT2D eigenvalue weighted by Gasteiger charge is -2.19. The van der Waals surface area contributed by atoms with Gasteiger partial charge in [0.05, 0.1) is 36.2 Å². The minimum atomic E-state index is -0.186. The third-order valence-electron chi connectivity index (χ3n) is 3.65. The summed E-state index contributed by atoms with van der Waals surface area (Å²) >= 11 is 1.56. The zero-order valence-electron chi connectivity index (χ0n) is 15.0. The van der Waals surface area contributed by atoms with Crippen LogP contribution in [0.25, 0.3) is 10.9 Å². The third kappa shape index (κ3) is 3.54. The fourth-order valence-corrected chi connectivity index (χ4v) is 3.42. The first-order valence-electron chi connectivity index (χ1n) is 7.96. The van der Waals surface area contributed by atoms with Crippen LogP contribution in [0.2, 0.25) is 0 Å². The number of fused-ring (bicyclic) bond motifs is 1. The molecule has 0 unspecified atom stereocenters. The number of pyridine rings is 1. The Hall–Kier alpha value is -2.34. The molecule has 2 aromatic heterocycles. The number of ether oxygens (including phenoxy) is 2. The van der Waals surface area contributed by atoms with E-state index < -0.39 is 0 Å². The standard InChI is InChI=1S/C19H21N3O2S/c1-19(2,3)18-21-13-11-20-17(24-5)15(14(13)16(22-18)23-4)25-12-9-7-6-8-10-12/h6-11H,1-5H3. The van der Waals surface area contributed by atoms with E-state index in [0.717, 1.165) is 26.5 Å². The van der Waals surface area contributed by atoms with Crippen LogP contribution in [0, 0.1) is 0 Å². The molecule has 0 atom stereocenters. The second kappa shape index (κ2) is 6.88. The molecule has 0 bridgehead atoms. The second-order valence-corrected chi connectivity index (χ2v) is 7.66. The lowest BCUT2D eigenvalue weighted by atomic mass is 9.95. The summed E-state index contributed by atoms with van der Waals surface area (Å²) in [5.74, 6) is 1.79. The van der Waals surface area contributed by atoms with E-state index in [1.807, 2.05) is 30.3 Å². The zero-order chi connectivity index (χ0) is 18.0. The van der Waals surface area contributed by atoms with Crippen LogP contribution >= 0.6 is 11.8 Å². The summed E-state index contributed by atoms with van der Waals surface area (Å²) in [5, 5.41) is 0.816. The largest absolute Gasteiger partial charge is 0.480 e. The molecule has 5 nitrogen and oxygen atoms in total. The van der Waals surface area contributed by atoms with Gasteiger partial charge < -0.3 is 9.47 Å². The van der Waals surface area contributed by atoms with E-state index in [9.17, 15) is 0 Å². The van der Waals surface area contributed by atoms with E-state index in [1.165, 1.54) is 0 Å². The maximum atomic E-state index is 5.59. The van der Waals surface area contributed by atoms with E-state index in [1.54, 1.807) is 32.2 Å². The second-order valence-electron chi connectivity index (χ2n) is 6.58. The fraction of sp³-hybridized carbons (Fsp3) is 0.316. The Labute approximate surface area is 151 Å². The number of rotatable bonds is 4. The van der Waals surface area contributed by atoms with Gasteiger partial charge in [-0.15, -0.1) is 0 Å². The van der Waals surface area contributed by atoms with Gasteiger partial charge in [-0.2, -0.15) is 4.98 Å². The van der Waals surface area contributed by atoms with Gasteiger partial charge in [0, 0.05) is 10.3 Å². The highest BCUT2D eigenvalue weighted by molar-refractivity contribution is 7.99. The van der Waals surface area contributed by atoms with Gasteiger partial charge in [0.1, 0.15) is 5.82 Å². The first-order chi connectivity index (χ1) is 11.9. The number of benzene rings is 1. The average molecular weight is 355 g/mol. The molecule has 25 heavy (non-hydrogen) atoms. The van der Waals surface area contributed by atoms with E-state index >= 15 is 0 Å². The molecule has 0 radical (unpaired) electrons. The molecule has 0 saturated heterocycles. The Morgan fingerprint density at radius 1 is 0.920 bits per heavy atom. The number of hydrogen-bond acceptors (Lipinski definition) is 6. The summed E-state index contributed by atoms with van der Waals surface area (Å²) < 4.78 is 11.1. The van der Waals surface area contributed by atoms with Gasteiger partial charge >= 0.3 is 0 Å². The highest BCUT2D eigenvalue weighted by Crippen LogP contribution is 2.42. The van der Waals surface area contributed by atoms with E-state index in [0.29, 0.717) is 11.8 Å². The molecule has 2 heterocycles. The number of nitrogens with zero attached hydrogens (tertiary/aromatic N) is 3. The number of hydrogen-bond donors (Lipinski definition) is 0. The highest BCUT2D eigenvalue weighted by Gasteiger charge is 2.23. The molecule has 0 aliphatic carbocycles. The maximum absolute atomic E-state index is 5.59. The minimum Gasteiger partial charge on any atom is -0.480 e. The summed E-state index contributed by atoms with van der Waals surface area (Å²) in [4.78, 5) is 15.7. The average Bonchev–Trinajstić information content (AvgIpc) is 2.61. The van der Waals surface area contributed by atoms with Crippen LogP contribution in [0.15, 0.2) is 46.3 Å². The molecule has 0 spiro atoms. The van der Waals surface area contributed by atoms with Crippen molar-refractivity contribution in [3.63, 3.8) is 0 Å². The van der Waals surface area contributed by atoms with Crippen molar-refractivity contribution in [1.82, 2.24) is 15.0 Å². The Morgan fingerprint density at radius 2 is 1.60 bits per heavy atom. The van der Waals surface area contributed by atoms with Crippen molar-refractivity contribution in [3.05, 3.63) is 42.4 Å². The maximum Gasteiger partial charge on any atom is 0.228 e. The van der Waals surface area contributed by atoms with Gasteiger partial charge in [-0.25, -0.2) is 9.97 Å². The van der Waals surface area contributed by atoms with Crippen molar-refractivity contribution in [3.8, 4) is 11.8 Å². The van der Waals surface area contributed by atoms with E-state index in [2.05, 4.69) is 30.7 Å². The van der Waals surface area contributed by atoms with Crippen LogP contribution in [0.3, 0.4) is 0 Å². The van der Waals surface area contributed by atoms with E-state index in [-0.39, 0.29) is 5.41 Å². The summed E-state index contributed by atoms with van der Waals surface area (Å²) in [6.45, 7) is 6.22. The number of aromatic nitrogens is 3. The topological polar surface area (TPSA) is 57.1 Å². The van der Waals surface area contributed by atoms with Crippen molar-refractivity contribution < 1.29 is 9.47 Å². The molecule has 3 rings (SSSR count). The number of methoxy groups -OCH3 is 2. The zero-order valence-corrected chi connectivity index (χ0v) is 15.8. The first kappa shape index (κ1) is 17.5. The first-order valence-corrected chi connectivity index (χ1v) is 8.78. The van der Waals surface area contributed by atoms with Crippen molar-refractivity contribution >= 4 is 22.7 Å². The molecule has 6 heteroatoms. The summed E-state index contributed by atoms with van der Waals surface area (Å²) in [5.41, 5.74) is 0.560. The molecular weight excluding hydrogens is 334 g/mol. The Bertz CT molecular complexity index is 893. The Balaban J connectivity index is 2.26. The van der Waals surface area contributed by atoms with Gasteiger partial charge in [0.25, 0.3) is 0 Å².